The highest BCUT2D eigenvalue weighted by Crippen LogP contribution is 2.45. The molecular weight excluding hydrogens is 474 g/mol. The van der Waals surface area contributed by atoms with E-state index >= 15 is 0 Å². The molecule has 5 rings (SSSR count). The van der Waals surface area contributed by atoms with Crippen molar-refractivity contribution in [2.75, 3.05) is 13.0 Å². The summed E-state index contributed by atoms with van der Waals surface area (Å²) < 4.78 is 12.5. The zero-order valence-corrected chi connectivity index (χ0v) is 19.6. The zero-order valence-electron chi connectivity index (χ0n) is 18.0. The molecule has 0 bridgehead atoms. The van der Waals surface area contributed by atoms with Crippen molar-refractivity contribution in [1.29, 1.82) is 5.26 Å². The molecule has 0 spiro atoms. The molecule has 2 aromatic carbocycles. The van der Waals surface area contributed by atoms with E-state index in [1.54, 1.807) is 7.11 Å². The van der Waals surface area contributed by atoms with Gasteiger partial charge in [-0.05, 0) is 29.8 Å². The number of alkyl halides is 1. The summed E-state index contributed by atoms with van der Waals surface area (Å²) in [7, 11) is 1.60. The number of hydrogen-bond donors (Lipinski definition) is 1. The molecule has 0 aliphatic carbocycles. The first kappa shape index (κ1) is 21.9. The van der Waals surface area contributed by atoms with Gasteiger partial charge in [0, 0.05) is 0 Å². The lowest BCUT2D eigenvalue weighted by molar-refractivity contribution is 0.0942. The second-order valence-corrected chi connectivity index (χ2v) is 8.91. The number of fused-ring (bicyclic) bond motifs is 2. The van der Waals surface area contributed by atoms with Crippen LogP contribution >= 0.6 is 22.9 Å². The monoisotopic (exact) mass is 491 g/mol. The van der Waals surface area contributed by atoms with E-state index in [1.807, 2.05) is 48.5 Å². The van der Waals surface area contributed by atoms with E-state index in [1.165, 1.54) is 15.9 Å². The highest BCUT2D eigenvalue weighted by molar-refractivity contribution is 7.12. The van der Waals surface area contributed by atoms with E-state index in [9.17, 15) is 10.1 Å². The average Bonchev–Trinajstić information content (AvgIpc) is 3.42. The van der Waals surface area contributed by atoms with Crippen LogP contribution in [0.1, 0.15) is 32.0 Å². The van der Waals surface area contributed by atoms with Gasteiger partial charge in [0.25, 0.3) is 0 Å². The summed E-state index contributed by atoms with van der Waals surface area (Å²) in [5, 5.41) is 10.5. The maximum atomic E-state index is 12.6. The number of allylic oxidation sites excluding steroid dienone is 1. The number of methoxy groups -OCH3 is 1. The number of halogens is 1. The molecule has 8 nitrogen and oxygen atoms in total. The predicted molar refractivity (Wildman–Crippen MR) is 128 cm³/mol. The van der Waals surface area contributed by atoms with Crippen molar-refractivity contribution in [2.45, 2.75) is 12.3 Å². The highest BCUT2D eigenvalue weighted by Gasteiger charge is 2.34. The summed E-state index contributed by atoms with van der Waals surface area (Å²) in [5.74, 6) is 0.752. The van der Waals surface area contributed by atoms with Gasteiger partial charge in [-0.3, -0.25) is 9.36 Å². The number of aromatic nitrogens is 3. The average molecular weight is 492 g/mol. The maximum Gasteiger partial charge on any atom is 0.247 e. The number of nitrogens with zero attached hydrogens (tertiary/aromatic N) is 4. The van der Waals surface area contributed by atoms with Crippen LogP contribution in [-0.4, -0.2) is 33.4 Å². The summed E-state index contributed by atoms with van der Waals surface area (Å²) in [4.78, 5) is 22.6. The molecule has 0 radical (unpaired) electrons. The third-order valence-electron chi connectivity index (χ3n) is 5.56. The van der Waals surface area contributed by atoms with Crippen LogP contribution in [0.25, 0.3) is 11.0 Å². The molecule has 2 aromatic heterocycles. The number of carbonyl (C=O) groups excluding carboxylic acids is 1. The fourth-order valence-electron chi connectivity index (χ4n) is 4.03. The molecule has 1 aliphatic heterocycles. The van der Waals surface area contributed by atoms with Crippen molar-refractivity contribution in [3.8, 4) is 17.7 Å². The van der Waals surface area contributed by atoms with Gasteiger partial charge in [-0.25, -0.2) is 9.97 Å². The van der Waals surface area contributed by atoms with Gasteiger partial charge in [-0.15, -0.1) is 22.9 Å². The van der Waals surface area contributed by atoms with Crippen molar-refractivity contribution in [1.82, 2.24) is 14.5 Å². The van der Waals surface area contributed by atoms with Gasteiger partial charge in [-0.2, -0.15) is 5.26 Å². The highest BCUT2D eigenvalue weighted by atomic mass is 35.5. The molecule has 0 saturated heterocycles. The summed E-state index contributed by atoms with van der Waals surface area (Å²) in [6, 6.07) is 17.0. The molecule has 0 fully saturated rings. The minimum atomic E-state index is -0.422. The Morgan fingerprint density at radius 2 is 2.03 bits per heavy atom. The smallest absolute Gasteiger partial charge is 0.247 e. The van der Waals surface area contributed by atoms with Crippen LogP contribution in [0.2, 0.25) is 0 Å². The van der Waals surface area contributed by atoms with E-state index in [0.29, 0.717) is 39.1 Å². The van der Waals surface area contributed by atoms with E-state index < -0.39 is 5.92 Å². The van der Waals surface area contributed by atoms with Gasteiger partial charge in [0.2, 0.25) is 17.7 Å². The second-order valence-electron chi connectivity index (χ2n) is 7.53. The number of nitrogens with two attached hydrogens (primary N) is 1. The lowest BCUT2D eigenvalue weighted by atomic mass is 9.89. The molecule has 0 saturated carbocycles. The quantitative estimate of drug-likeness (QED) is 0.416. The molecular formula is C24H18ClN5O3S. The molecule has 1 aliphatic rings. The van der Waals surface area contributed by atoms with Crippen LogP contribution in [0.4, 0.5) is 0 Å². The fraction of sp³-hybridized carbons (Fsp3) is 0.167. The molecule has 170 valence electrons. The molecule has 4 aromatic rings. The predicted octanol–water partition coefficient (Wildman–Crippen LogP) is 4.19. The minimum absolute atomic E-state index is 0.0252. The molecule has 1 unspecified atom stereocenters. The van der Waals surface area contributed by atoms with Crippen LogP contribution in [0, 0.1) is 11.3 Å². The summed E-state index contributed by atoms with van der Waals surface area (Å²) in [6.45, 7) is 0. The van der Waals surface area contributed by atoms with Gasteiger partial charge >= 0.3 is 0 Å². The van der Waals surface area contributed by atoms with Crippen molar-refractivity contribution < 1.29 is 14.3 Å². The maximum absolute atomic E-state index is 12.6. The number of hydrogen-bond acceptors (Lipinski definition) is 8. The summed E-state index contributed by atoms with van der Waals surface area (Å²) in [6.07, 6.45) is 0.287. The number of rotatable bonds is 5. The Morgan fingerprint density at radius 1 is 1.26 bits per heavy atom. The molecule has 10 heteroatoms. The molecule has 2 N–H and O–H groups in total. The van der Waals surface area contributed by atoms with Crippen molar-refractivity contribution in [3.63, 3.8) is 0 Å². The SMILES string of the molecule is COc1ccc(C2C(C#N)=C(N)Oc3nc(Cc4nc5ccccc5n4C(=O)CCl)sc32)cc1. The number of ether oxygens (including phenoxy) is 2. The van der Waals surface area contributed by atoms with Crippen LogP contribution in [0.15, 0.2) is 60.0 Å². The Kier molecular flexibility index (Phi) is 5.69. The Labute approximate surface area is 203 Å². The molecule has 34 heavy (non-hydrogen) atoms. The lowest BCUT2D eigenvalue weighted by Crippen LogP contribution is -2.20. The zero-order chi connectivity index (χ0) is 23.8. The van der Waals surface area contributed by atoms with Gasteiger partial charge in [0.15, 0.2) is 0 Å². The van der Waals surface area contributed by atoms with Gasteiger partial charge in [0.1, 0.15) is 34.1 Å². The second kappa shape index (κ2) is 8.82. The largest absolute Gasteiger partial charge is 0.497 e. The normalized spacial score (nSPS) is 15.0. The standard InChI is InChI=1S/C24H18ClN5O3S/c1-32-14-8-6-13(7-9-14)21-15(12-26)23(27)33-24-22(21)34-19(29-24)10-18-28-16-4-2-3-5-17(16)30(18)20(31)11-25/h2-9,21H,10-11,27H2,1H3. The Bertz CT molecular complexity index is 1480. The van der Waals surface area contributed by atoms with Crippen LogP contribution in [-0.2, 0) is 6.42 Å². The van der Waals surface area contributed by atoms with E-state index in [-0.39, 0.29) is 24.1 Å². The fourth-order valence-corrected chi connectivity index (χ4v) is 5.28. The van der Waals surface area contributed by atoms with Crippen molar-refractivity contribution in [3.05, 3.63) is 81.3 Å². The number of imidazole rings is 1. The summed E-state index contributed by atoms with van der Waals surface area (Å²) >= 11 is 7.26. The first-order valence-electron chi connectivity index (χ1n) is 10.3. The first-order valence-corrected chi connectivity index (χ1v) is 11.7. The van der Waals surface area contributed by atoms with Crippen LogP contribution < -0.4 is 15.2 Å². The first-order chi connectivity index (χ1) is 16.5. The minimum Gasteiger partial charge on any atom is -0.497 e. The molecule has 3 heterocycles. The van der Waals surface area contributed by atoms with Crippen molar-refractivity contribution in [2.24, 2.45) is 5.73 Å². The summed E-state index contributed by atoms with van der Waals surface area (Å²) in [5.41, 5.74) is 8.65. The topological polar surface area (TPSA) is 116 Å². The van der Waals surface area contributed by atoms with Crippen LogP contribution in [0.3, 0.4) is 0 Å². The third-order valence-corrected chi connectivity index (χ3v) is 6.89. The Morgan fingerprint density at radius 3 is 2.74 bits per heavy atom. The molecule has 0 amide bonds. The number of nitriles is 1. The van der Waals surface area contributed by atoms with Crippen molar-refractivity contribution >= 4 is 39.9 Å². The number of para-hydroxylation sites is 2. The lowest BCUT2D eigenvalue weighted by Gasteiger charge is -2.22. The van der Waals surface area contributed by atoms with Gasteiger partial charge in [0.05, 0.1) is 35.4 Å². The molecule has 1 atom stereocenters. The van der Waals surface area contributed by atoms with E-state index in [0.717, 1.165) is 10.4 Å². The Balaban J connectivity index is 1.57. The Hall–Kier alpha value is -3.87. The van der Waals surface area contributed by atoms with E-state index in [2.05, 4.69) is 16.0 Å². The number of carbonyl (C=O) groups is 1. The number of thiazole rings is 1. The van der Waals surface area contributed by atoms with Gasteiger partial charge < -0.3 is 15.2 Å². The number of benzene rings is 2. The third kappa shape index (κ3) is 3.67. The van der Waals surface area contributed by atoms with E-state index in [4.69, 9.17) is 26.8 Å². The van der Waals surface area contributed by atoms with Crippen LogP contribution in [0.5, 0.6) is 11.6 Å². The van der Waals surface area contributed by atoms with Gasteiger partial charge in [-0.1, -0.05) is 24.3 Å².